The number of rotatable bonds is 9. The average Bonchev–Trinajstić information content (AvgIpc) is 3.14. The minimum atomic E-state index is 0.0710. The van der Waals surface area contributed by atoms with E-state index in [0.717, 1.165) is 57.5 Å². The molecule has 1 fully saturated rings. The first-order valence-electron chi connectivity index (χ1n) is 10.2. The maximum atomic E-state index is 12.9. The lowest BCUT2D eigenvalue weighted by Gasteiger charge is -2.30. The zero-order valence-electron chi connectivity index (χ0n) is 16.9. The van der Waals surface area contributed by atoms with E-state index in [1.807, 2.05) is 30.3 Å². The van der Waals surface area contributed by atoms with E-state index in [1.165, 1.54) is 0 Å². The maximum Gasteiger partial charge on any atom is 0.256 e. The van der Waals surface area contributed by atoms with Gasteiger partial charge in [-0.25, -0.2) is 0 Å². The molecule has 1 saturated heterocycles. The third-order valence-electron chi connectivity index (χ3n) is 5.31. The molecule has 152 valence electrons. The molecule has 1 N–H and O–H groups in total. The number of benzene rings is 1. The summed E-state index contributed by atoms with van der Waals surface area (Å²) in [5.41, 5.74) is 8.27. The second kappa shape index (κ2) is 9.68. The van der Waals surface area contributed by atoms with Gasteiger partial charge in [0.2, 0.25) is 5.27 Å². The lowest BCUT2D eigenvalue weighted by atomic mass is 9.86. The lowest BCUT2D eigenvalue weighted by Crippen LogP contribution is -2.65. The van der Waals surface area contributed by atoms with Gasteiger partial charge >= 0.3 is 0 Å². The second-order valence-corrected chi connectivity index (χ2v) is 7.98. The summed E-state index contributed by atoms with van der Waals surface area (Å²) in [6.07, 6.45) is 4.50. The highest BCUT2D eigenvalue weighted by Gasteiger charge is 2.25. The molecule has 0 amide bonds. The van der Waals surface area contributed by atoms with Crippen molar-refractivity contribution in [3.05, 3.63) is 47.8 Å². The number of nitrogens with one attached hydrogen (secondary N) is 1. The summed E-state index contributed by atoms with van der Waals surface area (Å²) in [7, 11) is 0. The number of aromatic nitrogens is 2. The van der Waals surface area contributed by atoms with Gasteiger partial charge in [0.1, 0.15) is 5.88 Å². The average molecular weight is 386 g/mol. The van der Waals surface area contributed by atoms with Crippen LogP contribution in [-0.4, -0.2) is 48.7 Å². The van der Waals surface area contributed by atoms with Crippen LogP contribution < -0.4 is 9.80 Å². The van der Waals surface area contributed by atoms with Crippen molar-refractivity contribution in [1.82, 2.24) is 10.2 Å². The molecule has 0 saturated carbocycles. The molecule has 0 spiro atoms. The fraction of sp³-hybridized carbons (Fsp3) is 0.571. The van der Waals surface area contributed by atoms with Crippen molar-refractivity contribution >= 4 is 11.7 Å². The molecule has 0 radical (unpaired) electrons. The minimum absolute atomic E-state index is 0.0710. The molecule has 7 heteroatoms. The Hall–Kier alpha value is -2.41. The van der Waals surface area contributed by atoms with Crippen LogP contribution in [-0.2, 0) is 0 Å². The lowest BCUT2D eigenvalue weighted by molar-refractivity contribution is -0.759. The number of ketones is 1. The molecule has 1 aromatic heterocycles. The SMILES string of the molecule is CC(C)CC(CCCN1CCN([n+]2cc([NH-])on2)CC1)C(=O)c1ccccc1. The van der Waals surface area contributed by atoms with Crippen molar-refractivity contribution < 1.29 is 14.1 Å². The molecule has 1 unspecified atom stereocenters. The highest BCUT2D eigenvalue weighted by Crippen LogP contribution is 2.22. The molecule has 2 heterocycles. The standard InChI is InChI=1S/C21H31N5O2/c1-17(2)15-19(21(27)18-7-4-3-5-8-18)9-6-10-24-11-13-25(14-12-24)26-16-20(22)28-23-26/h3-5,7-8,16-17,19H,6,9-15H2,1-2H3,(H-,22,23). The van der Waals surface area contributed by atoms with Gasteiger partial charge < -0.3 is 10.3 Å². The number of piperazine rings is 1. The van der Waals surface area contributed by atoms with Crippen LogP contribution in [0.15, 0.2) is 41.1 Å². The highest BCUT2D eigenvalue weighted by molar-refractivity contribution is 5.97. The van der Waals surface area contributed by atoms with Gasteiger partial charge in [-0.3, -0.25) is 9.69 Å². The Morgan fingerprint density at radius 1 is 1.21 bits per heavy atom. The minimum Gasteiger partial charge on any atom is -0.660 e. The Balaban J connectivity index is 1.46. The van der Waals surface area contributed by atoms with Crippen LogP contribution in [0, 0.1) is 11.8 Å². The molecule has 2 aromatic rings. The normalized spacial score (nSPS) is 16.5. The predicted molar refractivity (Wildman–Crippen MR) is 108 cm³/mol. The van der Waals surface area contributed by atoms with Gasteiger partial charge in [0.25, 0.3) is 6.20 Å². The third kappa shape index (κ3) is 5.55. The van der Waals surface area contributed by atoms with Crippen LogP contribution in [0.2, 0.25) is 0 Å². The van der Waals surface area contributed by atoms with E-state index < -0.39 is 0 Å². The van der Waals surface area contributed by atoms with Gasteiger partial charge in [0, 0.05) is 24.6 Å². The Morgan fingerprint density at radius 3 is 2.54 bits per heavy atom. The quantitative estimate of drug-likeness (QED) is 0.489. The summed E-state index contributed by atoms with van der Waals surface area (Å²) >= 11 is 0. The first-order chi connectivity index (χ1) is 13.5. The number of nitrogens with zero attached hydrogens (tertiary/aromatic N) is 4. The van der Waals surface area contributed by atoms with Crippen LogP contribution in [0.5, 0.6) is 0 Å². The number of hydrogen-bond donors (Lipinski definition) is 0. The topological polar surface area (TPSA) is 77.3 Å². The summed E-state index contributed by atoms with van der Waals surface area (Å²) in [4.78, 5) is 17.0. The molecule has 1 atom stereocenters. The van der Waals surface area contributed by atoms with E-state index in [0.29, 0.717) is 5.92 Å². The van der Waals surface area contributed by atoms with Gasteiger partial charge in [-0.1, -0.05) is 44.2 Å². The van der Waals surface area contributed by atoms with Crippen molar-refractivity contribution in [2.45, 2.75) is 33.1 Å². The van der Waals surface area contributed by atoms with E-state index in [2.05, 4.69) is 29.0 Å². The Morgan fingerprint density at radius 2 is 1.93 bits per heavy atom. The number of Topliss-reactive ketones (excluding diaryl/α,β-unsaturated/α-hetero) is 1. The molecule has 1 aliphatic rings. The number of carbonyl (C=O) groups excluding carboxylic acids is 1. The molecule has 0 aliphatic carbocycles. The second-order valence-electron chi connectivity index (χ2n) is 7.98. The van der Waals surface area contributed by atoms with Gasteiger partial charge in [0.05, 0.1) is 17.9 Å². The fourth-order valence-corrected chi connectivity index (χ4v) is 3.86. The molecule has 1 aliphatic heterocycles. The predicted octanol–water partition coefficient (Wildman–Crippen LogP) is 3.22. The molecule has 28 heavy (non-hydrogen) atoms. The van der Waals surface area contributed by atoms with Crippen LogP contribution in [0.1, 0.15) is 43.5 Å². The molecule has 0 bridgehead atoms. The van der Waals surface area contributed by atoms with Crippen molar-refractivity contribution in [2.75, 3.05) is 37.7 Å². The summed E-state index contributed by atoms with van der Waals surface area (Å²) in [6, 6.07) is 9.69. The maximum absolute atomic E-state index is 12.9. The van der Waals surface area contributed by atoms with Crippen LogP contribution in [0.4, 0.5) is 5.88 Å². The van der Waals surface area contributed by atoms with E-state index in [-0.39, 0.29) is 17.6 Å². The first-order valence-corrected chi connectivity index (χ1v) is 10.2. The summed E-state index contributed by atoms with van der Waals surface area (Å²) < 4.78 is 4.82. The molecule has 7 nitrogen and oxygen atoms in total. The number of carbonyl (C=O) groups is 1. The van der Waals surface area contributed by atoms with Crippen LogP contribution in [0.25, 0.3) is 5.73 Å². The molecule has 3 rings (SSSR count). The van der Waals surface area contributed by atoms with Crippen molar-refractivity contribution in [2.24, 2.45) is 11.8 Å². The van der Waals surface area contributed by atoms with Crippen LogP contribution >= 0.6 is 0 Å². The highest BCUT2D eigenvalue weighted by atomic mass is 16.5. The van der Waals surface area contributed by atoms with E-state index in [1.54, 1.807) is 11.0 Å². The summed E-state index contributed by atoms with van der Waals surface area (Å²) in [6.45, 7) is 9.01. The van der Waals surface area contributed by atoms with E-state index in [9.17, 15) is 4.79 Å². The van der Waals surface area contributed by atoms with Crippen molar-refractivity contribution in [3.63, 3.8) is 0 Å². The van der Waals surface area contributed by atoms with Crippen LogP contribution in [0.3, 0.4) is 0 Å². The van der Waals surface area contributed by atoms with Crippen molar-refractivity contribution in [1.29, 1.82) is 0 Å². The van der Waals surface area contributed by atoms with E-state index >= 15 is 0 Å². The van der Waals surface area contributed by atoms with Gasteiger partial charge in [0.15, 0.2) is 5.78 Å². The third-order valence-corrected chi connectivity index (χ3v) is 5.31. The Kier molecular flexibility index (Phi) is 7.03. The van der Waals surface area contributed by atoms with Gasteiger partial charge in [-0.05, 0) is 31.7 Å². The smallest absolute Gasteiger partial charge is 0.256 e. The zero-order chi connectivity index (χ0) is 19.9. The molecule has 1 aromatic carbocycles. The Bertz CT molecular complexity index is 738. The monoisotopic (exact) mass is 385 g/mol. The fourth-order valence-electron chi connectivity index (χ4n) is 3.86. The summed E-state index contributed by atoms with van der Waals surface area (Å²) in [5.74, 6) is 0.974. The molecular weight excluding hydrogens is 354 g/mol. The number of hydrogen-bond acceptors (Lipinski definition) is 5. The zero-order valence-corrected chi connectivity index (χ0v) is 16.9. The Labute approximate surface area is 167 Å². The van der Waals surface area contributed by atoms with Gasteiger partial charge in [-0.15, -0.1) is 0 Å². The molecular formula is C21H31N5O2. The first kappa shape index (κ1) is 20.3. The summed E-state index contributed by atoms with van der Waals surface area (Å²) in [5, 5.41) is 5.93. The largest absolute Gasteiger partial charge is 0.660 e. The van der Waals surface area contributed by atoms with Crippen molar-refractivity contribution in [3.8, 4) is 0 Å². The van der Waals surface area contributed by atoms with Gasteiger partial charge in [-0.2, -0.15) is 5.01 Å². The van der Waals surface area contributed by atoms with E-state index in [4.69, 9.17) is 10.3 Å².